The summed E-state index contributed by atoms with van der Waals surface area (Å²) in [5.41, 5.74) is 0.876. The Bertz CT molecular complexity index is 569. The average molecular weight is 318 g/mol. The molecule has 1 spiro atoms. The molecular weight excluding hydrogens is 292 g/mol. The Labute approximate surface area is 138 Å². The summed E-state index contributed by atoms with van der Waals surface area (Å²) < 4.78 is 5.11. The number of nitrogens with zero attached hydrogens (tertiary/aromatic N) is 4. The van der Waals surface area contributed by atoms with Gasteiger partial charge in [-0.05, 0) is 33.0 Å². The molecule has 0 aliphatic carbocycles. The van der Waals surface area contributed by atoms with E-state index in [0.717, 1.165) is 45.6 Å². The second-order valence-corrected chi connectivity index (χ2v) is 6.76. The van der Waals surface area contributed by atoms with Crippen molar-refractivity contribution in [2.24, 2.45) is 0 Å². The molecule has 0 N–H and O–H groups in total. The predicted octanol–water partition coefficient (Wildman–Crippen LogP) is 0.942. The number of piperazine rings is 1. The number of likely N-dealkylation sites (N-methyl/N-ethyl adjacent to an activating group) is 2. The zero-order chi connectivity index (χ0) is 16.4. The number of ether oxygens (including phenoxy) is 1. The average Bonchev–Trinajstić information content (AvgIpc) is 2.58. The minimum atomic E-state index is 0.0763. The van der Waals surface area contributed by atoms with Gasteiger partial charge in [0.25, 0.3) is 5.91 Å². The highest BCUT2D eigenvalue weighted by atomic mass is 16.5. The molecule has 0 saturated carbocycles. The fraction of sp³-hybridized carbons (Fsp3) is 0.647. The van der Waals surface area contributed by atoms with Gasteiger partial charge >= 0.3 is 0 Å². The van der Waals surface area contributed by atoms with Crippen LogP contribution in [0.1, 0.15) is 23.2 Å². The number of hydrogen-bond acceptors (Lipinski definition) is 5. The molecule has 2 aliphatic heterocycles. The van der Waals surface area contributed by atoms with Crippen molar-refractivity contribution in [1.82, 2.24) is 19.7 Å². The topological polar surface area (TPSA) is 48.9 Å². The molecule has 1 aromatic heterocycles. The molecule has 126 valence electrons. The molecule has 1 amide bonds. The highest BCUT2D eigenvalue weighted by Gasteiger charge is 2.42. The number of likely N-dealkylation sites (tertiary alicyclic amines) is 1. The van der Waals surface area contributed by atoms with Crippen molar-refractivity contribution < 1.29 is 9.53 Å². The maximum atomic E-state index is 12.7. The molecule has 2 aliphatic rings. The Morgan fingerprint density at radius 1 is 1.22 bits per heavy atom. The maximum absolute atomic E-state index is 12.7. The number of methoxy groups -OCH3 is 1. The smallest absolute Gasteiger partial charge is 0.254 e. The van der Waals surface area contributed by atoms with Gasteiger partial charge in [0.1, 0.15) is 0 Å². The number of carbonyl (C=O) groups excluding carboxylic acids is 1. The lowest BCUT2D eigenvalue weighted by molar-refractivity contribution is -0.0157. The van der Waals surface area contributed by atoms with Gasteiger partial charge in [-0.25, -0.2) is 4.98 Å². The SMILES string of the molecule is COc1cc(C(=O)N2CCC3(CC2)CN(C)CCN3C)ccn1. The molecule has 1 aromatic rings. The van der Waals surface area contributed by atoms with Crippen molar-refractivity contribution in [2.45, 2.75) is 18.4 Å². The first-order chi connectivity index (χ1) is 11.0. The van der Waals surface area contributed by atoms with E-state index in [4.69, 9.17) is 4.74 Å². The molecular formula is C17H26N4O2. The lowest BCUT2D eigenvalue weighted by Crippen LogP contribution is -2.64. The summed E-state index contributed by atoms with van der Waals surface area (Å²) in [6, 6.07) is 3.48. The predicted molar refractivity (Wildman–Crippen MR) is 88.8 cm³/mol. The Kier molecular flexibility index (Phi) is 4.55. The molecule has 0 aromatic carbocycles. The van der Waals surface area contributed by atoms with Crippen LogP contribution in [0.3, 0.4) is 0 Å². The number of piperidine rings is 1. The Hall–Kier alpha value is -1.66. The summed E-state index contributed by atoms with van der Waals surface area (Å²) in [6.45, 7) is 4.93. The third-order valence-electron chi connectivity index (χ3n) is 5.36. The molecule has 6 heteroatoms. The highest BCUT2D eigenvalue weighted by molar-refractivity contribution is 5.94. The van der Waals surface area contributed by atoms with E-state index in [1.807, 2.05) is 4.90 Å². The third kappa shape index (κ3) is 3.19. The van der Waals surface area contributed by atoms with E-state index in [1.54, 1.807) is 25.4 Å². The quantitative estimate of drug-likeness (QED) is 0.812. The van der Waals surface area contributed by atoms with Crippen LogP contribution in [0.15, 0.2) is 18.3 Å². The summed E-state index contributed by atoms with van der Waals surface area (Å²) >= 11 is 0. The first kappa shape index (κ1) is 16.2. The van der Waals surface area contributed by atoms with Crippen LogP contribution in [-0.4, -0.2) is 85.1 Å². The first-order valence-corrected chi connectivity index (χ1v) is 8.23. The fourth-order valence-corrected chi connectivity index (χ4v) is 3.76. The summed E-state index contributed by atoms with van der Waals surface area (Å²) in [5, 5.41) is 0. The maximum Gasteiger partial charge on any atom is 0.254 e. The van der Waals surface area contributed by atoms with E-state index in [-0.39, 0.29) is 11.4 Å². The Balaban J connectivity index is 1.67. The number of pyridine rings is 1. The fourth-order valence-electron chi connectivity index (χ4n) is 3.76. The van der Waals surface area contributed by atoms with Crippen LogP contribution in [0.5, 0.6) is 5.88 Å². The van der Waals surface area contributed by atoms with E-state index in [0.29, 0.717) is 11.4 Å². The van der Waals surface area contributed by atoms with Crippen LogP contribution >= 0.6 is 0 Å². The summed E-state index contributed by atoms with van der Waals surface area (Å²) in [5.74, 6) is 0.560. The molecule has 0 radical (unpaired) electrons. The van der Waals surface area contributed by atoms with Crippen LogP contribution in [0.2, 0.25) is 0 Å². The molecule has 0 bridgehead atoms. The first-order valence-electron chi connectivity index (χ1n) is 8.23. The number of aromatic nitrogens is 1. The van der Waals surface area contributed by atoms with Gasteiger partial charge in [-0.3, -0.25) is 9.69 Å². The van der Waals surface area contributed by atoms with Crippen LogP contribution in [0.4, 0.5) is 0 Å². The molecule has 2 saturated heterocycles. The minimum Gasteiger partial charge on any atom is -0.481 e. The second kappa shape index (κ2) is 6.45. The summed E-state index contributed by atoms with van der Waals surface area (Å²) in [6.07, 6.45) is 3.69. The normalized spacial score (nSPS) is 22.3. The van der Waals surface area contributed by atoms with E-state index in [2.05, 4.69) is 28.9 Å². The summed E-state index contributed by atoms with van der Waals surface area (Å²) in [4.78, 5) is 23.6. The Morgan fingerprint density at radius 3 is 2.65 bits per heavy atom. The van der Waals surface area contributed by atoms with Crippen molar-refractivity contribution in [2.75, 3.05) is 53.9 Å². The van der Waals surface area contributed by atoms with Gasteiger partial charge in [0, 0.05) is 56.1 Å². The number of rotatable bonds is 2. The molecule has 6 nitrogen and oxygen atoms in total. The lowest BCUT2D eigenvalue weighted by Gasteiger charge is -2.52. The molecule has 0 unspecified atom stereocenters. The van der Waals surface area contributed by atoms with E-state index in [9.17, 15) is 4.79 Å². The van der Waals surface area contributed by atoms with Gasteiger partial charge in [0.15, 0.2) is 0 Å². The van der Waals surface area contributed by atoms with Crippen molar-refractivity contribution in [3.05, 3.63) is 23.9 Å². The second-order valence-electron chi connectivity index (χ2n) is 6.76. The highest BCUT2D eigenvalue weighted by Crippen LogP contribution is 2.31. The van der Waals surface area contributed by atoms with Crippen LogP contribution in [-0.2, 0) is 0 Å². The van der Waals surface area contributed by atoms with Gasteiger partial charge in [-0.1, -0.05) is 0 Å². The largest absolute Gasteiger partial charge is 0.481 e. The molecule has 23 heavy (non-hydrogen) atoms. The van der Waals surface area contributed by atoms with E-state index in [1.165, 1.54) is 0 Å². The molecule has 3 heterocycles. The number of hydrogen-bond donors (Lipinski definition) is 0. The van der Waals surface area contributed by atoms with Crippen molar-refractivity contribution >= 4 is 5.91 Å². The lowest BCUT2D eigenvalue weighted by atomic mass is 9.83. The van der Waals surface area contributed by atoms with Gasteiger partial charge in [0.2, 0.25) is 5.88 Å². The zero-order valence-electron chi connectivity index (χ0n) is 14.3. The van der Waals surface area contributed by atoms with E-state index < -0.39 is 0 Å². The van der Waals surface area contributed by atoms with Gasteiger partial charge < -0.3 is 14.5 Å². The van der Waals surface area contributed by atoms with Gasteiger partial charge in [-0.2, -0.15) is 0 Å². The van der Waals surface area contributed by atoms with E-state index >= 15 is 0 Å². The van der Waals surface area contributed by atoms with Crippen molar-refractivity contribution in [1.29, 1.82) is 0 Å². The Morgan fingerprint density at radius 2 is 1.96 bits per heavy atom. The number of carbonyl (C=O) groups is 1. The van der Waals surface area contributed by atoms with Crippen molar-refractivity contribution in [3.8, 4) is 5.88 Å². The van der Waals surface area contributed by atoms with Gasteiger partial charge in [-0.15, -0.1) is 0 Å². The standard InChI is InChI=1S/C17H26N4O2/c1-19-10-11-20(2)17(13-19)5-8-21(9-6-17)16(22)14-4-7-18-15(12-14)23-3/h4,7,12H,5-6,8-11,13H2,1-3H3. The van der Waals surface area contributed by atoms with Crippen molar-refractivity contribution in [3.63, 3.8) is 0 Å². The molecule has 2 fully saturated rings. The van der Waals surface area contributed by atoms with Crippen LogP contribution in [0.25, 0.3) is 0 Å². The van der Waals surface area contributed by atoms with Gasteiger partial charge in [0.05, 0.1) is 7.11 Å². The van der Waals surface area contributed by atoms with Crippen LogP contribution in [0, 0.1) is 0 Å². The minimum absolute atomic E-state index is 0.0763. The monoisotopic (exact) mass is 318 g/mol. The third-order valence-corrected chi connectivity index (χ3v) is 5.36. The molecule has 3 rings (SSSR count). The summed E-state index contributed by atoms with van der Waals surface area (Å²) in [7, 11) is 5.98. The van der Waals surface area contributed by atoms with Crippen LogP contribution < -0.4 is 4.74 Å². The number of amides is 1. The molecule has 0 atom stereocenters. The zero-order valence-corrected chi connectivity index (χ0v) is 14.3.